The zero-order valence-corrected chi connectivity index (χ0v) is 15.9. The molecule has 0 saturated heterocycles. The Balaban J connectivity index is 2.02. The van der Waals surface area contributed by atoms with Gasteiger partial charge in [0.2, 0.25) is 0 Å². The third-order valence-corrected chi connectivity index (χ3v) is 4.06. The van der Waals surface area contributed by atoms with E-state index in [1.165, 1.54) is 7.11 Å². The lowest BCUT2D eigenvalue weighted by atomic mass is 10.1. The Labute approximate surface area is 159 Å². The first kappa shape index (κ1) is 20.3. The van der Waals surface area contributed by atoms with E-state index in [-0.39, 0.29) is 31.4 Å². The van der Waals surface area contributed by atoms with E-state index in [1.54, 1.807) is 36.3 Å². The molecule has 0 spiro atoms. The van der Waals surface area contributed by atoms with Gasteiger partial charge in [0, 0.05) is 19.2 Å². The number of nitrogens with zero attached hydrogens (tertiary/aromatic N) is 1. The fraction of sp³-hybridized carbons (Fsp3) is 0.333. The van der Waals surface area contributed by atoms with Crippen molar-refractivity contribution in [2.75, 3.05) is 27.4 Å². The summed E-state index contributed by atoms with van der Waals surface area (Å²) in [4.78, 5) is 25.7. The second kappa shape index (κ2) is 10.2. The van der Waals surface area contributed by atoms with Crippen LogP contribution in [0.25, 0.3) is 0 Å². The highest BCUT2D eigenvalue weighted by atomic mass is 16.5. The first-order valence-electron chi connectivity index (χ1n) is 8.69. The number of benzene rings is 2. The lowest BCUT2D eigenvalue weighted by Crippen LogP contribution is -2.36. The lowest BCUT2D eigenvalue weighted by molar-refractivity contribution is -0.142. The van der Waals surface area contributed by atoms with E-state index in [9.17, 15) is 9.59 Å². The van der Waals surface area contributed by atoms with Crippen LogP contribution in [0.1, 0.15) is 17.5 Å². The molecule has 0 atom stereocenters. The molecule has 2 aromatic rings. The Bertz CT molecular complexity index is 757. The molecule has 0 aromatic heterocycles. The number of ether oxygens (including phenoxy) is 3. The van der Waals surface area contributed by atoms with Crippen LogP contribution in [0.15, 0.2) is 48.5 Å². The molecule has 1 amide bonds. The van der Waals surface area contributed by atoms with E-state index in [2.05, 4.69) is 4.74 Å². The molecule has 0 N–H and O–H groups in total. The van der Waals surface area contributed by atoms with Crippen LogP contribution >= 0.6 is 0 Å². The number of rotatable bonds is 9. The maximum Gasteiger partial charge on any atom is 0.307 e. The molecule has 0 aliphatic carbocycles. The predicted octanol–water partition coefficient (Wildman–Crippen LogP) is 2.97. The van der Waals surface area contributed by atoms with Crippen LogP contribution in [0.3, 0.4) is 0 Å². The number of esters is 1. The zero-order valence-electron chi connectivity index (χ0n) is 15.9. The van der Waals surface area contributed by atoms with E-state index in [1.807, 2.05) is 31.2 Å². The van der Waals surface area contributed by atoms with Gasteiger partial charge in [0.25, 0.3) is 5.91 Å². The van der Waals surface area contributed by atoms with Crippen molar-refractivity contribution in [2.45, 2.75) is 19.9 Å². The van der Waals surface area contributed by atoms with Gasteiger partial charge in [0.15, 0.2) is 6.61 Å². The smallest absolute Gasteiger partial charge is 0.307 e. The zero-order chi connectivity index (χ0) is 19.6. The minimum absolute atomic E-state index is 0.125. The summed E-state index contributed by atoms with van der Waals surface area (Å²) in [5.74, 6) is 0.640. The molecule has 0 aliphatic rings. The monoisotopic (exact) mass is 371 g/mol. The summed E-state index contributed by atoms with van der Waals surface area (Å²) in [7, 11) is 2.90. The molecule has 6 nitrogen and oxygen atoms in total. The largest absolute Gasteiger partial charge is 0.497 e. The summed E-state index contributed by atoms with van der Waals surface area (Å²) < 4.78 is 15.4. The van der Waals surface area contributed by atoms with Crippen molar-refractivity contribution in [2.24, 2.45) is 0 Å². The first-order valence-corrected chi connectivity index (χ1v) is 8.69. The van der Waals surface area contributed by atoms with Crippen LogP contribution < -0.4 is 9.47 Å². The Morgan fingerprint density at radius 1 is 1.00 bits per heavy atom. The molecule has 0 unspecified atom stereocenters. The third-order valence-electron chi connectivity index (χ3n) is 4.06. The highest BCUT2D eigenvalue weighted by Gasteiger charge is 2.17. The van der Waals surface area contributed by atoms with Crippen LogP contribution in [0.4, 0.5) is 0 Å². The molecule has 2 rings (SSSR count). The van der Waals surface area contributed by atoms with Crippen LogP contribution in [-0.4, -0.2) is 44.1 Å². The number of carbonyl (C=O) groups excluding carboxylic acids is 2. The molecule has 2 aromatic carbocycles. The average Bonchev–Trinajstić information content (AvgIpc) is 2.70. The second-order valence-electron chi connectivity index (χ2n) is 6.09. The van der Waals surface area contributed by atoms with Gasteiger partial charge in [-0.2, -0.15) is 0 Å². The Hall–Kier alpha value is -3.02. The maximum atomic E-state index is 12.7. The molecule has 144 valence electrons. The van der Waals surface area contributed by atoms with Gasteiger partial charge in [0.05, 0.1) is 20.6 Å². The molecule has 6 heteroatoms. The summed E-state index contributed by atoms with van der Waals surface area (Å²) in [6, 6.07) is 15.0. The first-order chi connectivity index (χ1) is 13.0. The van der Waals surface area contributed by atoms with Crippen molar-refractivity contribution in [3.63, 3.8) is 0 Å². The van der Waals surface area contributed by atoms with Crippen molar-refractivity contribution in [1.29, 1.82) is 0 Å². The Kier molecular flexibility index (Phi) is 7.67. The molecule has 0 heterocycles. The highest BCUT2D eigenvalue weighted by Crippen LogP contribution is 2.19. The van der Waals surface area contributed by atoms with Crippen LogP contribution in [0.5, 0.6) is 11.5 Å². The minimum Gasteiger partial charge on any atom is -0.497 e. The summed E-state index contributed by atoms with van der Waals surface area (Å²) in [6.45, 7) is 2.55. The third kappa shape index (κ3) is 6.66. The Morgan fingerprint density at radius 3 is 2.37 bits per heavy atom. The molecule has 0 radical (unpaired) electrons. The number of hydrogen-bond donors (Lipinski definition) is 0. The molecular weight excluding hydrogens is 346 g/mol. The quantitative estimate of drug-likeness (QED) is 0.634. The SMILES string of the molecule is COC(=O)CCN(Cc1ccc(C)cc1)C(=O)COc1cccc(OC)c1. The Morgan fingerprint density at radius 2 is 1.70 bits per heavy atom. The van der Waals surface area contributed by atoms with Crippen molar-refractivity contribution in [3.05, 3.63) is 59.7 Å². The number of aryl methyl sites for hydroxylation is 1. The summed E-state index contributed by atoms with van der Waals surface area (Å²) >= 11 is 0. The summed E-state index contributed by atoms with van der Waals surface area (Å²) in [5, 5.41) is 0. The van der Waals surface area contributed by atoms with E-state index in [0.29, 0.717) is 18.0 Å². The number of methoxy groups -OCH3 is 2. The van der Waals surface area contributed by atoms with Crippen molar-refractivity contribution < 1.29 is 23.8 Å². The van der Waals surface area contributed by atoms with Crippen LogP contribution in [0, 0.1) is 6.92 Å². The molecule has 0 fully saturated rings. The van der Waals surface area contributed by atoms with Gasteiger partial charge in [-0.3, -0.25) is 9.59 Å². The number of carbonyl (C=O) groups is 2. The van der Waals surface area contributed by atoms with Gasteiger partial charge in [-0.05, 0) is 24.6 Å². The van der Waals surface area contributed by atoms with Crippen molar-refractivity contribution in [1.82, 2.24) is 4.90 Å². The fourth-order valence-electron chi connectivity index (χ4n) is 2.46. The molecular formula is C21H25NO5. The summed E-state index contributed by atoms with van der Waals surface area (Å²) in [5.41, 5.74) is 2.13. The van der Waals surface area contributed by atoms with Crippen LogP contribution in [-0.2, 0) is 20.9 Å². The highest BCUT2D eigenvalue weighted by molar-refractivity contribution is 5.78. The summed E-state index contributed by atoms with van der Waals surface area (Å²) in [6.07, 6.45) is 0.132. The van der Waals surface area contributed by atoms with Gasteiger partial charge >= 0.3 is 5.97 Å². The van der Waals surface area contributed by atoms with Gasteiger partial charge < -0.3 is 19.1 Å². The molecule has 0 aliphatic heterocycles. The lowest BCUT2D eigenvalue weighted by Gasteiger charge is -2.22. The van der Waals surface area contributed by atoms with Crippen molar-refractivity contribution >= 4 is 11.9 Å². The molecule has 27 heavy (non-hydrogen) atoms. The standard InChI is InChI=1S/C21H25NO5/c1-16-7-9-17(10-8-16)14-22(12-11-21(24)26-3)20(23)15-27-19-6-4-5-18(13-19)25-2/h4-10,13H,11-12,14-15H2,1-3H3. The van der Waals surface area contributed by atoms with Gasteiger partial charge in [0.1, 0.15) is 11.5 Å². The van der Waals surface area contributed by atoms with Crippen molar-refractivity contribution in [3.8, 4) is 11.5 Å². The van der Waals surface area contributed by atoms with Crippen LogP contribution in [0.2, 0.25) is 0 Å². The van der Waals surface area contributed by atoms with Gasteiger partial charge in [-0.1, -0.05) is 35.9 Å². The normalized spacial score (nSPS) is 10.2. The number of hydrogen-bond acceptors (Lipinski definition) is 5. The van der Waals surface area contributed by atoms with Gasteiger partial charge in [-0.25, -0.2) is 0 Å². The maximum absolute atomic E-state index is 12.7. The topological polar surface area (TPSA) is 65.1 Å². The van der Waals surface area contributed by atoms with E-state index in [4.69, 9.17) is 9.47 Å². The van der Waals surface area contributed by atoms with Gasteiger partial charge in [-0.15, -0.1) is 0 Å². The van der Waals surface area contributed by atoms with E-state index >= 15 is 0 Å². The second-order valence-corrected chi connectivity index (χ2v) is 6.09. The fourth-order valence-corrected chi connectivity index (χ4v) is 2.46. The van der Waals surface area contributed by atoms with E-state index in [0.717, 1.165) is 11.1 Å². The van der Waals surface area contributed by atoms with E-state index < -0.39 is 0 Å². The average molecular weight is 371 g/mol. The predicted molar refractivity (Wildman–Crippen MR) is 102 cm³/mol. The minimum atomic E-state index is -0.356. The molecule has 0 bridgehead atoms. The molecule has 0 saturated carbocycles. The number of amides is 1.